The summed E-state index contributed by atoms with van der Waals surface area (Å²) >= 11 is 0. The van der Waals surface area contributed by atoms with Crippen LogP contribution in [0, 0.1) is 23.7 Å². The number of carbonyl (C=O) groups excluding carboxylic acids is 1. The number of unbranched alkanes of at least 4 members (excludes halogenated alkanes) is 16. The van der Waals surface area contributed by atoms with Gasteiger partial charge in [0.05, 0.1) is 12.7 Å². The predicted molar refractivity (Wildman–Crippen MR) is 146 cm³/mol. The average Bonchev–Trinajstić information content (AvgIpc) is 2.84. The molecule has 0 aliphatic carbocycles. The van der Waals surface area contributed by atoms with E-state index in [1.807, 2.05) is 0 Å². The minimum absolute atomic E-state index is 0.0937. The van der Waals surface area contributed by atoms with Crippen LogP contribution < -0.4 is 5.32 Å². The van der Waals surface area contributed by atoms with Gasteiger partial charge in [0, 0.05) is 25.8 Å². The molecule has 0 radical (unpaired) electrons. The van der Waals surface area contributed by atoms with Crippen molar-refractivity contribution in [3.8, 4) is 23.7 Å². The SMILES string of the molecule is CCCCCCCCCCCCC#CC#CCCCCCCCCC(=O)NCC(O)COP(=O)(O)O. The van der Waals surface area contributed by atoms with Crippen LogP contribution in [0.2, 0.25) is 0 Å². The predicted octanol–water partition coefficient (Wildman–Crippen LogP) is 6.01. The normalized spacial score (nSPS) is 11.8. The van der Waals surface area contributed by atoms with Crippen LogP contribution in [0.1, 0.15) is 129 Å². The Morgan fingerprint density at radius 3 is 1.69 bits per heavy atom. The third kappa shape index (κ3) is 28.9. The summed E-state index contributed by atoms with van der Waals surface area (Å²) in [6, 6.07) is 0. The first kappa shape index (κ1) is 34.7. The zero-order valence-corrected chi connectivity index (χ0v) is 23.3. The standard InChI is InChI=1S/C28H50NO6P/c1-2-3-4-5-6-7-8-9-10-11-12-13-14-15-16-17-18-19-20-21-22-23-24-28(31)29-25-27(30)26-35-36(32,33)34/h27,30H,2-12,17-26H2,1H3,(H,29,31)(H2,32,33,34). The van der Waals surface area contributed by atoms with Crippen LogP contribution in [0.15, 0.2) is 0 Å². The van der Waals surface area contributed by atoms with Gasteiger partial charge in [-0.3, -0.25) is 9.32 Å². The van der Waals surface area contributed by atoms with Gasteiger partial charge in [-0.25, -0.2) is 4.57 Å². The number of aliphatic hydroxyl groups is 1. The highest BCUT2D eigenvalue weighted by Crippen LogP contribution is 2.35. The van der Waals surface area contributed by atoms with E-state index in [1.165, 1.54) is 64.2 Å². The highest BCUT2D eigenvalue weighted by Gasteiger charge is 2.17. The van der Waals surface area contributed by atoms with E-state index >= 15 is 0 Å². The molecule has 1 amide bonds. The smallest absolute Gasteiger partial charge is 0.389 e. The minimum Gasteiger partial charge on any atom is -0.389 e. The monoisotopic (exact) mass is 527 g/mol. The Labute approximate surface area is 219 Å². The van der Waals surface area contributed by atoms with Crippen LogP contribution in [-0.2, 0) is 13.9 Å². The molecular formula is C28H50NO6P. The molecule has 0 heterocycles. The van der Waals surface area contributed by atoms with E-state index in [4.69, 9.17) is 9.79 Å². The van der Waals surface area contributed by atoms with Crippen molar-refractivity contribution in [2.45, 2.75) is 135 Å². The summed E-state index contributed by atoms with van der Waals surface area (Å²) in [5.74, 6) is 12.0. The van der Waals surface area contributed by atoms with E-state index < -0.39 is 20.5 Å². The Morgan fingerprint density at radius 2 is 1.22 bits per heavy atom. The van der Waals surface area contributed by atoms with Crippen LogP contribution in [0.25, 0.3) is 0 Å². The number of hydrogen-bond acceptors (Lipinski definition) is 4. The van der Waals surface area contributed by atoms with E-state index in [2.05, 4.69) is 40.4 Å². The molecule has 4 N–H and O–H groups in total. The van der Waals surface area contributed by atoms with Crippen molar-refractivity contribution in [1.82, 2.24) is 5.32 Å². The molecule has 0 aliphatic heterocycles. The molecule has 8 heteroatoms. The lowest BCUT2D eigenvalue weighted by Crippen LogP contribution is -2.34. The van der Waals surface area contributed by atoms with Gasteiger partial charge < -0.3 is 20.2 Å². The van der Waals surface area contributed by atoms with Gasteiger partial charge in [-0.15, -0.1) is 0 Å². The third-order valence-corrected chi connectivity index (χ3v) is 6.31. The van der Waals surface area contributed by atoms with E-state index in [0.29, 0.717) is 6.42 Å². The molecule has 36 heavy (non-hydrogen) atoms. The summed E-state index contributed by atoms with van der Waals surface area (Å²) in [6.45, 7) is 1.64. The molecule has 0 aromatic carbocycles. The maximum Gasteiger partial charge on any atom is 0.469 e. The van der Waals surface area contributed by atoms with Gasteiger partial charge in [-0.1, -0.05) is 102 Å². The first-order chi connectivity index (χ1) is 17.3. The first-order valence-electron chi connectivity index (χ1n) is 14.0. The second-order valence-corrected chi connectivity index (χ2v) is 10.6. The molecule has 0 aromatic heterocycles. The van der Waals surface area contributed by atoms with Crippen LogP contribution >= 0.6 is 7.82 Å². The van der Waals surface area contributed by atoms with Gasteiger partial charge in [0.2, 0.25) is 5.91 Å². The average molecular weight is 528 g/mol. The fourth-order valence-electron chi connectivity index (χ4n) is 3.68. The van der Waals surface area contributed by atoms with Crippen molar-refractivity contribution in [3.05, 3.63) is 0 Å². The third-order valence-electron chi connectivity index (χ3n) is 5.82. The summed E-state index contributed by atoms with van der Waals surface area (Å²) < 4.78 is 14.7. The molecule has 0 bridgehead atoms. The number of phosphoric acid groups is 1. The number of aliphatic hydroxyl groups excluding tert-OH is 1. The largest absolute Gasteiger partial charge is 0.469 e. The molecular weight excluding hydrogens is 477 g/mol. The number of amides is 1. The van der Waals surface area contributed by atoms with Crippen molar-refractivity contribution in [2.24, 2.45) is 0 Å². The van der Waals surface area contributed by atoms with Crippen molar-refractivity contribution in [3.63, 3.8) is 0 Å². The summed E-state index contributed by atoms with van der Waals surface area (Å²) in [5.41, 5.74) is 0. The van der Waals surface area contributed by atoms with Gasteiger partial charge in [0.1, 0.15) is 0 Å². The summed E-state index contributed by atoms with van der Waals surface area (Å²) in [6.07, 6.45) is 20.6. The lowest BCUT2D eigenvalue weighted by molar-refractivity contribution is -0.121. The Balaban J connectivity index is 3.42. The minimum atomic E-state index is -4.61. The van der Waals surface area contributed by atoms with Gasteiger partial charge in [0.15, 0.2) is 0 Å². The van der Waals surface area contributed by atoms with Crippen LogP contribution in [0.3, 0.4) is 0 Å². The maximum atomic E-state index is 11.7. The van der Waals surface area contributed by atoms with E-state index in [9.17, 15) is 14.5 Å². The summed E-state index contributed by atoms with van der Waals surface area (Å²) in [5, 5.41) is 12.0. The second-order valence-electron chi connectivity index (χ2n) is 9.40. The highest BCUT2D eigenvalue weighted by atomic mass is 31.2. The molecule has 1 atom stereocenters. The number of rotatable bonds is 23. The topological polar surface area (TPSA) is 116 Å². The van der Waals surface area contributed by atoms with E-state index in [-0.39, 0.29) is 12.5 Å². The Kier molecular flexibility index (Phi) is 24.4. The van der Waals surface area contributed by atoms with Gasteiger partial charge >= 0.3 is 7.82 Å². The molecule has 208 valence electrons. The molecule has 0 spiro atoms. The van der Waals surface area contributed by atoms with Crippen molar-refractivity contribution < 1.29 is 28.8 Å². The van der Waals surface area contributed by atoms with Gasteiger partial charge in [0.25, 0.3) is 0 Å². The molecule has 7 nitrogen and oxygen atoms in total. The number of phosphoric ester groups is 1. The molecule has 0 fully saturated rings. The number of carbonyl (C=O) groups is 1. The fraction of sp³-hybridized carbons (Fsp3) is 0.821. The molecule has 0 rings (SSSR count). The second kappa shape index (κ2) is 25.3. The summed E-state index contributed by atoms with van der Waals surface area (Å²) in [7, 11) is -4.61. The highest BCUT2D eigenvalue weighted by molar-refractivity contribution is 7.46. The van der Waals surface area contributed by atoms with Crippen molar-refractivity contribution in [1.29, 1.82) is 0 Å². The van der Waals surface area contributed by atoms with E-state index in [0.717, 1.165) is 51.4 Å². The van der Waals surface area contributed by atoms with E-state index in [1.54, 1.807) is 0 Å². The lowest BCUT2D eigenvalue weighted by Gasteiger charge is -2.12. The van der Waals surface area contributed by atoms with Gasteiger partial charge in [-0.05, 0) is 31.1 Å². The molecule has 0 saturated carbocycles. The zero-order chi connectivity index (χ0) is 26.7. The molecule has 0 aromatic rings. The summed E-state index contributed by atoms with van der Waals surface area (Å²) in [4.78, 5) is 28.8. The molecule has 1 unspecified atom stereocenters. The Hall–Kier alpha value is -1.34. The van der Waals surface area contributed by atoms with Crippen LogP contribution in [0.5, 0.6) is 0 Å². The van der Waals surface area contributed by atoms with Gasteiger partial charge in [-0.2, -0.15) is 0 Å². The number of nitrogens with one attached hydrogen (secondary N) is 1. The van der Waals surface area contributed by atoms with Crippen LogP contribution in [-0.4, -0.2) is 40.1 Å². The number of hydrogen-bond donors (Lipinski definition) is 4. The molecule has 0 saturated heterocycles. The lowest BCUT2D eigenvalue weighted by atomic mass is 10.1. The fourth-order valence-corrected chi connectivity index (χ4v) is 4.05. The first-order valence-corrected chi connectivity index (χ1v) is 15.5. The zero-order valence-electron chi connectivity index (χ0n) is 22.4. The Morgan fingerprint density at radius 1 is 0.778 bits per heavy atom. The Bertz CT molecular complexity index is 700. The van der Waals surface area contributed by atoms with Crippen molar-refractivity contribution >= 4 is 13.7 Å². The quantitative estimate of drug-likeness (QED) is 0.0735. The maximum absolute atomic E-state index is 11.7. The molecule has 0 aliphatic rings. The van der Waals surface area contributed by atoms with Crippen LogP contribution in [0.4, 0.5) is 0 Å². The van der Waals surface area contributed by atoms with Crippen molar-refractivity contribution in [2.75, 3.05) is 13.2 Å².